The molecule has 1 atom stereocenters. The molecule has 104 valence electrons. The van der Waals surface area contributed by atoms with Crippen LogP contribution in [0.15, 0.2) is 40.7 Å². The van der Waals surface area contributed by atoms with E-state index in [2.05, 4.69) is 35.1 Å². The fraction of sp³-hybridized carbons (Fsp3) is 0.267. The van der Waals surface area contributed by atoms with Crippen LogP contribution in [0.3, 0.4) is 0 Å². The number of carbonyl (C=O) groups excluding carboxylic acids is 1. The third-order valence-electron chi connectivity index (χ3n) is 3.34. The number of para-hydroxylation sites is 1. The van der Waals surface area contributed by atoms with E-state index in [1.54, 1.807) is 0 Å². The number of fused-ring (bicyclic) bond motifs is 3. The number of carboxylic acid groups (broad SMARTS) is 1. The van der Waals surface area contributed by atoms with Crippen LogP contribution in [0.1, 0.15) is 32.3 Å². The lowest BCUT2D eigenvalue weighted by molar-refractivity contribution is -0.347. The Balaban J connectivity index is 0.000000328. The van der Waals surface area contributed by atoms with Crippen molar-refractivity contribution in [3.8, 4) is 0 Å². The molecule has 0 amide bonds. The number of aliphatic imine (C=N–C) groups is 1. The zero-order valence-corrected chi connectivity index (χ0v) is 11.7. The number of nitrogens with one attached hydrogen (secondary N) is 1. The molecule has 2 aliphatic heterocycles. The Morgan fingerprint density at radius 2 is 1.95 bits per heavy atom. The van der Waals surface area contributed by atoms with Crippen molar-refractivity contribution in [2.45, 2.75) is 26.7 Å². The summed E-state index contributed by atoms with van der Waals surface area (Å²) in [4.78, 5) is 16.7. The molecule has 5 heteroatoms. The molecule has 0 fully saturated rings. The second kappa shape index (κ2) is 5.28. The second-order valence-corrected chi connectivity index (χ2v) is 4.82. The van der Waals surface area contributed by atoms with Gasteiger partial charge in [0.25, 0.3) is 0 Å². The minimum absolute atomic E-state index is 0.272. The molecule has 1 aromatic rings. The van der Waals surface area contributed by atoms with Crippen LogP contribution in [0.25, 0.3) is 0 Å². The van der Waals surface area contributed by atoms with E-state index in [0.717, 1.165) is 18.2 Å². The lowest BCUT2D eigenvalue weighted by Gasteiger charge is -2.17. The van der Waals surface area contributed by atoms with Crippen LogP contribution in [0, 0.1) is 0 Å². The third-order valence-corrected chi connectivity index (χ3v) is 3.34. The second-order valence-electron chi connectivity index (χ2n) is 4.82. The van der Waals surface area contributed by atoms with Crippen molar-refractivity contribution in [3.05, 3.63) is 41.2 Å². The molecule has 0 aromatic heterocycles. The summed E-state index contributed by atoms with van der Waals surface area (Å²) in [5.41, 5.74) is 11.7. The molecule has 3 rings (SSSR count). The standard InChI is InChI=1S/C13H13N3.C2H4O2/c1-7-11-9-5-3-4-6-10(9)16-12(11)8(2)15-13(7)14;1-2(3)4/h3-6,11H,14H2,1-2H3;1H3,(H,3,4). The first-order valence-electron chi connectivity index (χ1n) is 6.34. The van der Waals surface area contributed by atoms with Gasteiger partial charge in [-0.3, -0.25) is 0 Å². The highest BCUT2D eigenvalue weighted by atomic mass is 16.4. The Morgan fingerprint density at radius 3 is 2.60 bits per heavy atom. The number of rotatable bonds is 0. The van der Waals surface area contributed by atoms with Crippen LogP contribution in [0.5, 0.6) is 0 Å². The van der Waals surface area contributed by atoms with E-state index < -0.39 is 5.97 Å². The zero-order valence-electron chi connectivity index (χ0n) is 11.7. The Hall–Kier alpha value is -2.43. The average Bonchev–Trinajstić information content (AvgIpc) is 2.75. The maximum Gasteiger partial charge on any atom is 0.213 e. The molecule has 5 nitrogen and oxygen atoms in total. The predicted molar refractivity (Wildman–Crippen MR) is 75.5 cm³/mol. The highest BCUT2D eigenvalue weighted by molar-refractivity contribution is 6.43. The summed E-state index contributed by atoms with van der Waals surface area (Å²) in [5, 5.41) is 8.89. The van der Waals surface area contributed by atoms with Crippen molar-refractivity contribution in [3.63, 3.8) is 0 Å². The van der Waals surface area contributed by atoms with Gasteiger partial charge in [0.2, 0.25) is 11.4 Å². The van der Waals surface area contributed by atoms with Gasteiger partial charge in [-0.05, 0) is 26.3 Å². The third kappa shape index (κ3) is 2.47. The van der Waals surface area contributed by atoms with Gasteiger partial charge in [0.15, 0.2) is 0 Å². The Morgan fingerprint density at radius 1 is 1.35 bits per heavy atom. The molecular weight excluding hydrogens is 254 g/mol. The van der Waals surface area contributed by atoms with Gasteiger partial charge in [-0.25, -0.2) is 9.98 Å². The van der Waals surface area contributed by atoms with E-state index in [9.17, 15) is 0 Å². The van der Waals surface area contributed by atoms with Gasteiger partial charge in [-0.1, -0.05) is 18.2 Å². The highest BCUT2D eigenvalue weighted by Crippen LogP contribution is 2.34. The molecule has 0 bridgehead atoms. The minimum Gasteiger partial charge on any atom is -0.550 e. The van der Waals surface area contributed by atoms with Gasteiger partial charge in [0, 0.05) is 17.6 Å². The maximum absolute atomic E-state index is 8.89. The molecule has 2 heterocycles. The lowest BCUT2D eigenvalue weighted by atomic mass is 9.86. The molecule has 0 saturated carbocycles. The van der Waals surface area contributed by atoms with Gasteiger partial charge in [0.1, 0.15) is 17.5 Å². The van der Waals surface area contributed by atoms with Gasteiger partial charge >= 0.3 is 0 Å². The number of benzene rings is 1. The number of allylic oxidation sites excluding steroid dienone is 1. The van der Waals surface area contributed by atoms with Gasteiger partial charge < -0.3 is 15.6 Å². The Bertz CT molecular complexity index is 653. The van der Waals surface area contributed by atoms with Gasteiger partial charge in [-0.15, -0.1) is 0 Å². The number of nitrogens with two attached hydrogens (primary N) is 1. The monoisotopic (exact) mass is 271 g/mol. The van der Waals surface area contributed by atoms with Crippen LogP contribution in [0.4, 0.5) is 5.69 Å². The van der Waals surface area contributed by atoms with Crippen molar-refractivity contribution in [2.75, 3.05) is 0 Å². The highest BCUT2D eigenvalue weighted by Gasteiger charge is 2.39. The first kappa shape index (κ1) is 14.0. The number of nitrogens with zero attached hydrogens (tertiary/aromatic N) is 1. The van der Waals surface area contributed by atoms with Crippen molar-refractivity contribution in [2.24, 2.45) is 10.7 Å². The number of carboxylic acids is 1. The fourth-order valence-corrected chi connectivity index (χ4v) is 2.46. The summed E-state index contributed by atoms with van der Waals surface area (Å²) in [7, 11) is 0. The smallest absolute Gasteiger partial charge is 0.213 e. The van der Waals surface area contributed by atoms with Gasteiger partial charge in [-0.2, -0.15) is 0 Å². The summed E-state index contributed by atoms with van der Waals surface area (Å²) < 4.78 is 0. The first-order valence-corrected chi connectivity index (χ1v) is 6.34. The molecule has 3 N–H and O–H groups in total. The van der Waals surface area contributed by atoms with Crippen molar-refractivity contribution in [1.29, 1.82) is 0 Å². The summed E-state index contributed by atoms with van der Waals surface area (Å²) in [6, 6.07) is 8.35. The van der Waals surface area contributed by atoms with E-state index in [1.807, 2.05) is 13.0 Å². The fourth-order valence-electron chi connectivity index (χ4n) is 2.46. The first-order chi connectivity index (χ1) is 9.41. The predicted octanol–water partition coefficient (Wildman–Crippen LogP) is -0.642. The molecule has 0 spiro atoms. The normalized spacial score (nSPS) is 19.2. The molecule has 0 saturated heterocycles. The molecule has 2 aliphatic rings. The van der Waals surface area contributed by atoms with Crippen molar-refractivity contribution < 1.29 is 14.9 Å². The van der Waals surface area contributed by atoms with E-state index in [-0.39, 0.29) is 5.92 Å². The SMILES string of the molecule is CC(=O)[O-].CC1=NC(N)=C(C)C2C1=[NH+]c1ccccc12. The Kier molecular flexibility index (Phi) is 3.70. The molecule has 0 aliphatic carbocycles. The molecule has 1 aromatic carbocycles. The zero-order chi connectivity index (χ0) is 14.9. The molecule has 20 heavy (non-hydrogen) atoms. The summed E-state index contributed by atoms with van der Waals surface area (Å²) in [5.74, 6) is -0.154. The van der Waals surface area contributed by atoms with Gasteiger partial charge in [0.05, 0.1) is 0 Å². The number of hydrogen-bond donors (Lipinski definition) is 2. The van der Waals surface area contributed by atoms with E-state index in [1.165, 1.54) is 17.0 Å². The topological polar surface area (TPSA) is 92.5 Å². The van der Waals surface area contributed by atoms with E-state index >= 15 is 0 Å². The number of hydrogen-bond acceptors (Lipinski definition) is 4. The average molecular weight is 271 g/mol. The lowest BCUT2D eigenvalue weighted by Crippen LogP contribution is -2.66. The van der Waals surface area contributed by atoms with Crippen LogP contribution >= 0.6 is 0 Å². The summed E-state index contributed by atoms with van der Waals surface area (Å²) in [6.07, 6.45) is 0. The largest absolute Gasteiger partial charge is 0.550 e. The van der Waals surface area contributed by atoms with Crippen LogP contribution in [0.2, 0.25) is 0 Å². The van der Waals surface area contributed by atoms with E-state index in [0.29, 0.717) is 5.82 Å². The van der Waals surface area contributed by atoms with Crippen molar-refractivity contribution in [1.82, 2.24) is 0 Å². The number of carbonyl (C=O) groups is 1. The maximum atomic E-state index is 8.89. The Labute approximate surface area is 117 Å². The molecule has 1 unspecified atom stereocenters. The number of aliphatic carboxylic acids is 1. The van der Waals surface area contributed by atoms with E-state index in [4.69, 9.17) is 15.6 Å². The van der Waals surface area contributed by atoms with Crippen molar-refractivity contribution >= 4 is 23.1 Å². The van der Waals surface area contributed by atoms with Crippen LogP contribution in [-0.4, -0.2) is 17.4 Å². The summed E-state index contributed by atoms with van der Waals surface area (Å²) in [6.45, 7) is 5.03. The van der Waals surface area contributed by atoms with Crippen LogP contribution < -0.4 is 15.8 Å². The molecule has 0 radical (unpaired) electrons. The van der Waals surface area contributed by atoms with Crippen LogP contribution in [-0.2, 0) is 4.79 Å². The minimum atomic E-state index is -1.08. The summed E-state index contributed by atoms with van der Waals surface area (Å²) >= 11 is 0. The quantitative estimate of drug-likeness (QED) is 0.657. The molecular formula is C15H17N3O2.